The zero-order valence-corrected chi connectivity index (χ0v) is 19.5. The molecular formula is C21H27N5O3S2. The van der Waals surface area contributed by atoms with Crippen molar-refractivity contribution >= 4 is 46.6 Å². The molecule has 0 atom stereocenters. The molecule has 166 valence electrons. The highest BCUT2D eigenvalue weighted by molar-refractivity contribution is 7.79. The lowest BCUT2D eigenvalue weighted by atomic mass is 10.2. The summed E-state index contributed by atoms with van der Waals surface area (Å²) in [6, 6.07) is 5.55. The average Bonchev–Trinajstić information content (AvgIpc) is 3.31. The average molecular weight is 462 g/mol. The van der Waals surface area contributed by atoms with Crippen LogP contribution in [-0.4, -0.2) is 58.6 Å². The largest absolute Gasteiger partial charge is 0.478 e. The highest BCUT2D eigenvalue weighted by atomic mass is 32.1. The summed E-state index contributed by atoms with van der Waals surface area (Å²) in [4.78, 5) is 26.9. The summed E-state index contributed by atoms with van der Waals surface area (Å²) in [5.41, 5.74) is 1.96. The summed E-state index contributed by atoms with van der Waals surface area (Å²) in [6.45, 7) is 7.17. The molecule has 3 aromatic rings. The van der Waals surface area contributed by atoms with Crippen molar-refractivity contribution in [2.24, 2.45) is 0 Å². The van der Waals surface area contributed by atoms with Crippen LogP contribution in [0.5, 0.6) is 0 Å². The number of carbonyl (C=O) groups is 1. The molecule has 4 heterocycles. The Labute approximate surface area is 191 Å². The second-order valence-electron chi connectivity index (χ2n) is 5.92. The van der Waals surface area contributed by atoms with Crippen molar-refractivity contribution in [2.75, 3.05) is 42.8 Å². The van der Waals surface area contributed by atoms with Gasteiger partial charge in [-0.25, -0.2) is 14.8 Å². The summed E-state index contributed by atoms with van der Waals surface area (Å²) < 4.78 is 5.39. The second-order valence-corrected chi connectivity index (χ2v) is 6.95. The molecule has 0 radical (unpaired) electrons. The van der Waals surface area contributed by atoms with Crippen LogP contribution in [0.25, 0.3) is 10.4 Å². The number of nitrogens with one attached hydrogen (secondary N) is 1. The molecule has 0 bridgehead atoms. The summed E-state index contributed by atoms with van der Waals surface area (Å²) in [5, 5.41) is 13.0. The predicted molar refractivity (Wildman–Crippen MR) is 129 cm³/mol. The first-order chi connectivity index (χ1) is 15.2. The van der Waals surface area contributed by atoms with Gasteiger partial charge in [0.25, 0.3) is 0 Å². The summed E-state index contributed by atoms with van der Waals surface area (Å²) >= 11 is 4.94. The van der Waals surface area contributed by atoms with E-state index in [1.54, 1.807) is 30.9 Å². The van der Waals surface area contributed by atoms with Crippen LogP contribution in [0.3, 0.4) is 0 Å². The lowest BCUT2D eigenvalue weighted by Crippen LogP contribution is -2.36. The maximum absolute atomic E-state index is 11.1. The third-order valence-electron chi connectivity index (χ3n) is 4.13. The number of thiazole rings is 1. The maximum atomic E-state index is 11.1. The Kier molecular flexibility index (Phi) is 10.2. The first-order valence-electron chi connectivity index (χ1n) is 9.84. The topological polar surface area (TPSA) is 100 Å². The van der Waals surface area contributed by atoms with Crippen LogP contribution in [0.15, 0.2) is 43.0 Å². The number of hydrogen-bond donors (Lipinski definition) is 3. The van der Waals surface area contributed by atoms with Crippen LogP contribution < -0.4 is 10.2 Å². The number of hydrogen-bond acceptors (Lipinski definition) is 9. The normalized spacial score (nSPS) is 12.7. The first kappa shape index (κ1) is 24.6. The molecular weight excluding hydrogens is 434 g/mol. The Morgan fingerprint density at radius 2 is 1.90 bits per heavy atom. The van der Waals surface area contributed by atoms with E-state index in [4.69, 9.17) is 9.84 Å². The lowest BCUT2D eigenvalue weighted by Gasteiger charge is -2.28. The molecule has 0 saturated carbocycles. The van der Waals surface area contributed by atoms with Crippen molar-refractivity contribution in [3.63, 3.8) is 0 Å². The number of carboxylic acids is 1. The summed E-state index contributed by atoms with van der Waals surface area (Å²) in [6.07, 6.45) is 8.11. The van der Waals surface area contributed by atoms with Crippen LogP contribution in [0.2, 0.25) is 0 Å². The Morgan fingerprint density at radius 3 is 2.61 bits per heavy atom. The molecule has 1 aliphatic heterocycles. The van der Waals surface area contributed by atoms with Crippen LogP contribution >= 0.6 is 24.0 Å². The molecule has 0 aliphatic carbocycles. The molecule has 1 aliphatic rings. The van der Waals surface area contributed by atoms with E-state index >= 15 is 0 Å². The van der Waals surface area contributed by atoms with Gasteiger partial charge in [-0.3, -0.25) is 4.98 Å². The fourth-order valence-corrected chi connectivity index (χ4v) is 3.58. The third kappa shape index (κ3) is 6.91. The van der Waals surface area contributed by atoms with Gasteiger partial charge in [0.1, 0.15) is 5.82 Å². The fourth-order valence-electron chi connectivity index (χ4n) is 2.77. The third-order valence-corrected chi connectivity index (χ3v) is 5.09. The van der Waals surface area contributed by atoms with Gasteiger partial charge in [0.2, 0.25) is 0 Å². The van der Waals surface area contributed by atoms with Crippen LogP contribution in [0.4, 0.5) is 16.6 Å². The van der Waals surface area contributed by atoms with Gasteiger partial charge in [-0.1, -0.05) is 25.2 Å². The van der Waals surface area contributed by atoms with E-state index in [0.29, 0.717) is 10.9 Å². The van der Waals surface area contributed by atoms with Crippen molar-refractivity contribution in [1.82, 2.24) is 15.0 Å². The minimum atomic E-state index is -1.00. The molecule has 0 amide bonds. The van der Waals surface area contributed by atoms with E-state index in [1.165, 1.54) is 17.5 Å². The molecule has 0 aromatic carbocycles. The molecule has 1 saturated heterocycles. The van der Waals surface area contributed by atoms with Crippen molar-refractivity contribution in [3.05, 3.63) is 48.5 Å². The van der Waals surface area contributed by atoms with Gasteiger partial charge in [0.15, 0.2) is 5.13 Å². The van der Waals surface area contributed by atoms with Gasteiger partial charge in [0, 0.05) is 55.2 Å². The number of ether oxygens (including phenoxy) is 1. The molecule has 2 N–H and O–H groups in total. The maximum Gasteiger partial charge on any atom is 0.337 e. The van der Waals surface area contributed by atoms with E-state index in [2.05, 4.69) is 37.8 Å². The number of pyridine rings is 2. The van der Waals surface area contributed by atoms with Gasteiger partial charge < -0.3 is 20.1 Å². The number of thiol groups is 1. The monoisotopic (exact) mass is 461 g/mol. The highest BCUT2D eigenvalue weighted by Gasteiger charge is 2.13. The SMILES string of the molecule is CC.CS.O=C(O)c1cncc(-c2cnc(Nc3cc(N4CCOCC4)ccn3)s2)c1. The quantitative estimate of drug-likeness (QED) is 0.479. The fraction of sp³-hybridized carbons (Fsp3) is 0.333. The minimum Gasteiger partial charge on any atom is -0.478 e. The summed E-state index contributed by atoms with van der Waals surface area (Å²) in [5.74, 6) is -0.298. The van der Waals surface area contributed by atoms with Crippen molar-refractivity contribution < 1.29 is 14.6 Å². The first-order valence-corrected chi connectivity index (χ1v) is 11.6. The number of aromatic nitrogens is 3. The van der Waals surface area contributed by atoms with Crippen molar-refractivity contribution in [1.29, 1.82) is 0 Å². The van der Waals surface area contributed by atoms with Gasteiger partial charge in [0.05, 0.1) is 23.7 Å². The van der Waals surface area contributed by atoms with Crippen molar-refractivity contribution in [2.45, 2.75) is 13.8 Å². The molecule has 4 rings (SSSR count). The number of anilines is 3. The van der Waals surface area contributed by atoms with Gasteiger partial charge in [-0.05, 0) is 18.4 Å². The molecule has 0 unspecified atom stereocenters. The number of carboxylic acid groups (broad SMARTS) is 1. The van der Waals surface area contributed by atoms with Crippen LogP contribution in [0, 0.1) is 0 Å². The van der Waals surface area contributed by atoms with Gasteiger partial charge in [-0.2, -0.15) is 12.6 Å². The predicted octanol–water partition coefficient (Wildman–Crippen LogP) is 4.45. The molecule has 31 heavy (non-hydrogen) atoms. The van der Waals surface area contributed by atoms with Gasteiger partial charge in [-0.15, -0.1) is 0 Å². The lowest BCUT2D eigenvalue weighted by molar-refractivity contribution is 0.0696. The number of morpholine rings is 1. The molecule has 10 heteroatoms. The van der Waals surface area contributed by atoms with Crippen LogP contribution in [-0.2, 0) is 4.74 Å². The minimum absolute atomic E-state index is 0.148. The zero-order valence-electron chi connectivity index (χ0n) is 17.8. The number of nitrogens with zero attached hydrogens (tertiary/aromatic N) is 4. The Bertz CT molecular complexity index is 961. The van der Waals surface area contributed by atoms with Crippen molar-refractivity contribution in [3.8, 4) is 10.4 Å². The summed E-state index contributed by atoms with van der Waals surface area (Å²) in [7, 11) is 0. The van der Waals surface area contributed by atoms with Crippen LogP contribution in [0.1, 0.15) is 24.2 Å². The Morgan fingerprint density at radius 1 is 1.16 bits per heavy atom. The Hall–Kier alpha value is -2.69. The van der Waals surface area contributed by atoms with E-state index < -0.39 is 5.97 Å². The number of aromatic carboxylic acids is 1. The molecule has 8 nitrogen and oxygen atoms in total. The standard InChI is InChI=1S/C18H17N5O3S.C2H6.CH4S/c24-17(25)13-7-12(9-19-10-13)15-11-21-18(27-15)22-16-8-14(1-2-20-16)23-3-5-26-6-4-23;2*1-2/h1-2,7-11H,3-6H2,(H,24,25)(H,20,21,22);1-2H3;2H,1H3. The Balaban J connectivity index is 0.000000807. The van der Waals surface area contributed by atoms with Gasteiger partial charge >= 0.3 is 5.97 Å². The van der Waals surface area contributed by atoms with E-state index in [-0.39, 0.29) is 5.56 Å². The second kappa shape index (κ2) is 12.9. The molecule has 0 spiro atoms. The zero-order chi connectivity index (χ0) is 22.6. The smallest absolute Gasteiger partial charge is 0.337 e. The van der Waals surface area contributed by atoms with E-state index in [0.717, 1.165) is 42.4 Å². The molecule has 3 aromatic heterocycles. The molecule has 1 fully saturated rings. The highest BCUT2D eigenvalue weighted by Crippen LogP contribution is 2.31. The number of rotatable bonds is 5. The van der Waals surface area contributed by atoms with E-state index in [9.17, 15) is 4.79 Å². The van der Waals surface area contributed by atoms with E-state index in [1.807, 2.05) is 26.0 Å².